The number of hydrogen-bond acceptors (Lipinski definition) is 0. The van der Waals surface area contributed by atoms with Crippen LogP contribution in [-0.2, 0) is 5.41 Å². The van der Waals surface area contributed by atoms with Crippen molar-refractivity contribution in [2.75, 3.05) is 0 Å². The van der Waals surface area contributed by atoms with Gasteiger partial charge in [0.15, 0.2) is 17.5 Å². The first-order chi connectivity index (χ1) is 5.84. The zero-order chi connectivity index (χ0) is 10.2. The molecule has 0 fully saturated rings. The predicted molar refractivity (Wildman–Crippen MR) is 45.0 cm³/mol. The molecule has 72 valence electrons. The quantitative estimate of drug-likeness (QED) is 0.547. The first kappa shape index (κ1) is 10.1. The summed E-state index contributed by atoms with van der Waals surface area (Å²) in [5, 5.41) is 0. The summed E-state index contributed by atoms with van der Waals surface area (Å²) in [6, 6.07) is 2.22. The maximum atomic E-state index is 13.1. The van der Waals surface area contributed by atoms with Crippen LogP contribution < -0.4 is 0 Å². The molecule has 0 aromatic heterocycles. The summed E-state index contributed by atoms with van der Waals surface area (Å²) in [6.45, 7) is 5.22. The maximum Gasteiger partial charge on any atom is 0.194 e. The van der Waals surface area contributed by atoms with Gasteiger partial charge in [0, 0.05) is 0 Å². The molecular formula is C10H11F3. The molecule has 0 atom stereocenters. The minimum atomic E-state index is -1.40. The second kappa shape index (κ2) is 3.05. The molecule has 1 rings (SSSR count). The van der Waals surface area contributed by atoms with Gasteiger partial charge in [0.1, 0.15) is 0 Å². The fourth-order valence-corrected chi connectivity index (χ4v) is 1.11. The van der Waals surface area contributed by atoms with Crippen molar-refractivity contribution in [1.82, 2.24) is 0 Å². The Balaban J connectivity index is 3.35. The van der Waals surface area contributed by atoms with E-state index in [1.54, 1.807) is 20.8 Å². The molecule has 13 heavy (non-hydrogen) atoms. The van der Waals surface area contributed by atoms with Crippen LogP contribution >= 0.6 is 0 Å². The second-order valence-corrected chi connectivity index (χ2v) is 3.97. The third-order valence-electron chi connectivity index (χ3n) is 1.84. The van der Waals surface area contributed by atoms with Gasteiger partial charge in [-0.15, -0.1) is 0 Å². The molecule has 0 aliphatic rings. The average Bonchev–Trinajstić information content (AvgIpc) is 1.98. The lowest BCUT2D eigenvalue weighted by atomic mass is 9.86. The first-order valence-electron chi connectivity index (χ1n) is 3.98. The first-order valence-corrected chi connectivity index (χ1v) is 3.98. The summed E-state index contributed by atoms with van der Waals surface area (Å²) in [4.78, 5) is 0. The molecule has 0 saturated carbocycles. The Kier molecular flexibility index (Phi) is 2.37. The highest BCUT2D eigenvalue weighted by Crippen LogP contribution is 2.27. The number of benzene rings is 1. The lowest BCUT2D eigenvalue weighted by Gasteiger charge is -2.19. The molecule has 0 heterocycles. The Morgan fingerprint density at radius 3 is 1.92 bits per heavy atom. The summed E-state index contributed by atoms with van der Waals surface area (Å²) >= 11 is 0. The fourth-order valence-electron chi connectivity index (χ4n) is 1.11. The highest BCUT2D eigenvalue weighted by atomic mass is 19.2. The Morgan fingerprint density at radius 1 is 0.923 bits per heavy atom. The largest absolute Gasteiger partial charge is 0.204 e. The number of rotatable bonds is 0. The molecule has 0 nitrogen and oxygen atoms in total. The third kappa shape index (κ3) is 1.85. The van der Waals surface area contributed by atoms with E-state index < -0.39 is 22.9 Å². The molecule has 0 N–H and O–H groups in total. The van der Waals surface area contributed by atoms with Crippen LogP contribution in [0.3, 0.4) is 0 Å². The maximum absolute atomic E-state index is 13.1. The Hall–Kier alpha value is -0.990. The molecular weight excluding hydrogens is 177 g/mol. The molecule has 1 aromatic rings. The minimum absolute atomic E-state index is 0.186. The molecule has 0 aliphatic carbocycles. The monoisotopic (exact) mass is 188 g/mol. The predicted octanol–water partition coefficient (Wildman–Crippen LogP) is 3.40. The van der Waals surface area contributed by atoms with E-state index in [9.17, 15) is 13.2 Å². The van der Waals surface area contributed by atoms with Crippen LogP contribution in [0.25, 0.3) is 0 Å². The van der Waals surface area contributed by atoms with Gasteiger partial charge in [0.25, 0.3) is 0 Å². The fraction of sp³-hybridized carbons (Fsp3) is 0.400. The highest BCUT2D eigenvalue weighted by molar-refractivity contribution is 5.26. The molecule has 0 bridgehead atoms. The normalized spacial score (nSPS) is 11.8. The van der Waals surface area contributed by atoms with E-state index in [-0.39, 0.29) is 5.56 Å². The zero-order valence-corrected chi connectivity index (χ0v) is 7.79. The number of halogens is 3. The molecule has 0 saturated heterocycles. The van der Waals surface area contributed by atoms with Gasteiger partial charge in [-0.2, -0.15) is 0 Å². The van der Waals surface area contributed by atoms with Crippen LogP contribution in [0.5, 0.6) is 0 Å². The molecule has 0 aliphatic heterocycles. The molecule has 1 aromatic carbocycles. The zero-order valence-electron chi connectivity index (χ0n) is 7.79. The van der Waals surface area contributed by atoms with Crippen LogP contribution in [0.15, 0.2) is 12.1 Å². The Bertz CT molecular complexity index is 324. The van der Waals surface area contributed by atoms with Gasteiger partial charge < -0.3 is 0 Å². The number of hydrogen-bond donors (Lipinski definition) is 0. The average molecular weight is 188 g/mol. The third-order valence-corrected chi connectivity index (χ3v) is 1.84. The smallest absolute Gasteiger partial charge is 0.194 e. The van der Waals surface area contributed by atoms with E-state index in [2.05, 4.69) is 0 Å². The van der Waals surface area contributed by atoms with Crippen molar-refractivity contribution in [1.29, 1.82) is 0 Å². The van der Waals surface area contributed by atoms with Crippen LogP contribution in [-0.4, -0.2) is 0 Å². The van der Waals surface area contributed by atoms with Gasteiger partial charge >= 0.3 is 0 Å². The van der Waals surface area contributed by atoms with Crippen LogP contribution in [0.4, 0.5) is 13.2 Å². The Morgan fingerprint density at radius 2 is 1.46 bits per heavy atom. The van der Waals surface area contributed by atoms with Crippen molar-refractivity contribution >= 4 is 0 Å². The van der Waals surface area contributed by atoms with Crippen LogP contribution in [0.1, 0.15) is 26.3 Å². The summed E-state index contributed by atoms with van der Waals surface area (Å²) in [5.41, 5.74) is -0.329. The van der Waals surface area contributed by atoms with Gasteiger partial charge in [-0.25, -0.2) is 13.2 Å². The van der Waals surface area contributed by atoms with E-state index in [0.717, 1.165) is 6.07 Å². The van der Waals surface area contributed by atoms with Crippen molar-refractivity contribution in [2.45, 2.75) is 26.2 Å². The van der Waals surface area contributed by atoms with E-state index in [0.29, 0.717) is 0 Å². The van der Waals surface area contributed by atoms with Gasteiger partial charge in [0.05, 0.1) is 0 Å². The molecule has 0 spiro atoms. The van der Waals surface area contributed by atoms with Crippen molar-refractivity contribution in [2.24, 2.45) is 0 Å². The molecule has 0 unspecified atom stereocenters. The summed E-state index contributed by atoms with van der Waals surface area (Å²) in [5.74, 6) is -3.63. The van der Waals surface area contributed by atoms with Gasteiger partial charge in [-0.1, -0.05) is 26.8 Å². The second-order valence-electron chi connectivity index (χ2n) is 3.97. The summed E-state index contributed by atoms with van der Waals surface area (Å²) in [6.07, 6.45) is 0. The van der Waals surface area contributed by atoms with Crippen molar-refractivity contribution < 1.29 is 13.2 Å². The summed E-state index contributed by atoms with van der Waals surface area (Å²) < 4.78 is 38.4. The van der Waals surface area contributed by atoms with Crippen LogP contribution in [0.2, 0.25) is 0 Å². The van der Waals surface area contributed by atoms with Crippen molar-refractivity contribution in [3.8, 4) is 0 Å². The minimum Gasteiger partial charge on any atom is -0.204 e. The van der Waals surface area contributed by atoms with Gasteiger partial charge in [-0.3, -0.25) is 0 Å². The van der Waals surface area contributed by atoms with Crippen molar-refractivity contribution in [3.63, 3.8) is 0 Å². The van der Waals surface area contributed by atoms with Gasteiger partial charge in [-0.05, 0) is 17.0 Å². The highest BCUT2D eigenvalue weighted by Gasteiger charge is 2.22. The van der Waals surface area contributed by atoms with Crippen LogP contribution in [0, 0.1) is 17.5 Å². The van der Waals surface area contributed by atoms with Gasteiger partial charge in [0.2, 0.25) is 0 Å². The van der Waals surface area contributed by atoms with E-state index in [1.807, 2.05) is 0 Å². The lowest BCUT2D eigenvalue weighted by Crippen LogP contribution is -2.15. The SMILES string of the molecule is CC(C)(C)c1ccc(F)c(F)c1F. The van der Waals surface area contributed by atoms with Crippen molar-refractivity contribution in [3.05, 3.63) is 35.1 Å². The molecule has 0 amide bonds. The van der Waals surface area contributed by atoms with E-state index >= 15 is 0 Å². The lowest BCUT2D eigenvalue weighted by molar-refractivity contribution is 0.423. The van der Waals surface area contributed by atoms with E-state index in [4.69, 9.17) is 0 Å². The topological polar surface area (TPSA) is 0 Å². The Labute approximate surface area is 75.4 Å². The van der Waals surface area contributed by atoms with E-state index in [1.165, 1.54) is 6.07 Å². The molecule has 0 radical (unpaired) electrons. The molecule has 3 heteroatoms. The standard InChI is InChI=1S/C10H11F3/c1-10(2,3)6-4-5-7(11)9(13)8(6)12/h4-5H,1-3H3. The summed E-state index contributed by atoms with van der Waals surface area (Å²) in [7, 11) is 0.